The van der Waals surface area contributed by atoms with E-state index in [9.17, 15) is 0 Å². The Hall–Kier alpha value is -2.29. The molecule has 0 atom stereocenters. The first-order valence-electron chi connectivity index (χ1n) is 6.12. The zero-order valence-electron chi connectivity index (χ0n) is 10.3. The predicted molar refractivity (Wildman–Crippen MR) is 74.9 cm³/mol. The molecule has 0 unspecified atom stereocenters. The van der Waals surface area contributed by atoms with E-state index in [0.29, 0.717) is 5.95 Å². The van der Waals surface area contributed by atoms with Crippen molar-refractivity contribution in [3.63, 3.8) is 0 Å². The molecule has 90 valence electrons. The molecule has 0 radical (unpaired) electrons. The molecule has 2 N–H and O–H groups in total. The molecular formula is C15H15N3. The highest BCUT2D eigenvalue weighted by Gasteiger charge is 2.11. The first-order valence-corrected chi connectivity index (χ1v) is 6.12. The number of nitrogens with zero attached hydrogens (tertiary/aromatic N) is 2. The highest BCUT2D eigenvalue weighted by Crippen LogP contribution is 2.25. The van der Waals surface area contributed by atoms with Gasteiger partial charge < -0.3 is 5.73 Å². The molecule has 3 heteroatoms. The number of hydrogen-bond acceptors (Lipinski definition) is 2. The summed E-state index contributed by atoms with van der Waals surface area (Å²) in [5, 5.41) is 0. The van der Waals surface area contributed by atoms with Crippen LogP contribution in [-0.2, 0) is 6.42 Å². The number of nitrogens with two attached hydrogens (primary N) is 1. The average Bonchev–Trinajstić information content (AvgIpc) is 2.74. The minimum atomic E-state index is 0.539. The molecule has 0 fully saturated rings. The van der Waals surface area contributed by atoms with E-state index in [4.69, 9.17) is 5.73 Å². The van der Waals surface area contributed by atoms with E-state index in [1.165, 1.54) is 5.56 Å². The number of rotatable bonds is 2. The Balaban J connectivity index is 2.34. The van der Waals surface area contributed by atoms with Crippen molar-refractivity contribution >= 4 is 17.0 Å². The van der Waals surface area contributed by atoms with Crippen molar-refractivity contribution in [2.45, 2.75) is 13.3 Å². The van der Waals surface area contributed by atoms with Gasteiger partial charge in [-0.2, -0.15) is 0 Å². The normalized spacial score (nSPS) is 10.9. The van der Waals surface area contributed by atoms with Crippen molar-refractivity contribution in [2.24, 2.45) is 0 Å². The van der Waals surface area contributed by atoms with Gasteiger partial charge in [-0.15, -0.1) is 0 Å². The number of para-hydroxylation sites is 3. The second-order valence-electron chi connectivity index (χ2n) is 4.28. The quantitative estimate of drug-likeness (QED) is 0.744. The Bertz CT molecular complexity index is 698. The topological polar surface area (TPSA) is 43.8 Å². The molecule has 0 bridgehead atoms. The van der Waals surface area contributed by atoms with Crippen LogP contribution in [0.15, 0.2) is 48.5 Å². The number of hydrogen-bond donors (Lipinski definition) is 1. The van der Waals surface area contributed by atoms with Crippen LogP contribution in [0.5, 0.6) is 0 Å². The number of imidazole rings is 1. The maximum Gasteiger partial charge on any atom is 0.205 e. The van der Waals surface area contributed by atoms with Gasteiger partial charge in [-0.25, -0.2) is 4.98 Å². The molecule has 1 aromatic heterocycles. The lowest BCUT2D eigenvalue weighted by molar-refractivity contribution is 1.04. The third-order valence-corrected chi connectivity index (χ3v) is 3.20. The zero-order valence-corrected chi connectivity index (χ0v) is 10.3. The summed E-state index contributed by atoms with van der Waals surface area (Å²) in [6.45, 7) is 2.15. The first kappa shape index (κ1) is 10.8. The summed E-state index contributed by atoms with van der Waals surface area (Å²) in [4.78, 5) is 4.41. The van der Waals surface area contributed by atoms with Crippen molar-refractivity contribution in [2.75, 3.05) is 5.73 Å². The molecule has 0 amide bonds. The van der Waals surface area contributed by atoms with Crippen LogP contribution in [0.25, 0.3) is 16.7 Å². The van der Waals surface area contributed by atoms with E-state index in [1.54, 1.807) is 0 Å². The minimum absolute atomic E-state index is 0.539. The summed E-state index contributed by atoms with van der Waals surface area (Å²) < 4.78 is 2.02. The molecule has 0 saturated carbocycles. The fourth-order valence-corrected chi connectivity index (χ4v) is 2.33. The van der Waals surface area contributed by atoms with Crippen LogP contribution >= 0.6 is 0 Å². The van der Waals surface area contributed by atoms with Crippen molar-refractivity contribution in [3.8, 4) is 5.69 Å². The highest BCUT2D eigenvalue weighted by atomic mass is 15.2. The van der Waals surface area contributed by atoms with E-state index < -0.39 is 0 Å². The van der Waals surface area contributed by atoms with Crippen molar-refractivity contribution in [3.05, 3.63) is 54.1 Å². The Kier molecular flexibility index (Phi) is 2.52. The molecule has 0 spiro atoms. The summed E-state index contributed by atoms with van der Waals surface area (Å²) in [5.41, 5.74) is 10.4. The lowest BCUT2D eigenvalue weighted by atomic mass is 10.1. The van der Waals surface area contributed by atoms with Crippen LogP contribution in [0, 0.1) is 0 Å². The van der Waals surface area contributed by atoms with E-state index in [0.717, 1.165) is 23.1 Å². The third-order valence-electron chi connectivity index (χ3n) is 3.20. The van der Waals surface area contributed by atoms with Gasteiger partial charge >= 0.3 is 0 Å². The third kappa shape index (κ3) is 1.56. The van der Waals surface area contributed by atoms with E-state index >= 15 is 0 Å². The Morgan fingerprint density at radius 3 is 2.61 bits per heavy atom. The first-order chi connectivity index (χ1) is 8.81. The van der Waals surface area contributed by atoms with Crippen molar-refractivity contribution < 1.29 is 0 Å². The molecule has 18 heavy (non-hydrogen) atoms. The highest BCUT2D eigenvalue weighted by molar-refractivity contribution is 5.81. The van der Waals surface area contributed by atoms with Crippen LogP contribution < -0.4 is 5.73 Å². The molecular weight excluding hydrogens is 222 g/mol. The van der Waals surface area contributed by atoms with Crippen LogP contribution in [-0.4, -0.2) is 9.55 Å². The van der Waals surface area contributed by atoms with Gasteiger partial charge in [0.05, 0.1) is 16.7 Å². The fourth-order valence-electron chi connectivity index (χ4n) is 2.33. The van der Waals surface area contributed by atoms with Gasteiger partial charge in [0.25, 0.3) is 0 Å². The fraction of sp³-hybridized carbons (Fsp3) is 0.133. The predicted octanol–water partition coefficient (Wildman–Crippen LogP) is 3.17. The maximum atomic E-state index is 6.06. The standard InChI is InChI=1S/C15H15N3/c1-2-11-7-3-5-9-13(11)18-14-10-6-4-8-12(14)17-15(18)16/h3-10H,2H2,1H3,(H2,16,17). The summed E-state index contributed by atoms with van der Waals surface area (Å²) in [5.74, 6) is 0.539. The molecule has 1 heterocycles. The van der Waals surface area contributed by atoms with Gasteiger partial charge in [-0.05, 0) is 30.2 Å². The molecule has 0 aliphatic carbocycles. The number of nitrogen functional groups attached to an aromatic ring is 1. The van der Waals surface area contributed by atoms with Gasteiger partial charge in [0.1, 0.15) is 0 Å². The lowest BCUT2D eigenvalue weighted by Crippen LogP contribution is -2.03. The average molecular weight is 237 g/mol. The van der Waals surface area contributed by atoms with Crippen molar-refractivity contribution in [1.29, 1.82) is 0 Å². The second-order valence-corrected chi connectivity index (χ2v) is 4.28. The van der Waals surface area contributed by atoms with E-state index in [1.807, 2.05) is 34.9 Å². The molecule has 2 aromatic carbocycles. The number of aromatic nitrogens is 2. The Labute approximate surface area is 106 Å². The van der Waals surface area contributed by atoms with Gasteiger partial charge in [-0.3, -0.25) is 4.57 Å². The van der Waals surface area contributed by atoms with Crippen LogP contribution in [0.1, 0.15) is 12.5 Å². The molecule has 0 aliphatic rings. The SMILES string of the molecule is CCc1ccccc1-n1c(N)nc2ccccc21. The van der Waals surface area contributed by atoms with E-state index in [2.05, 4.69) is 30.1 Å². The smallest absolute Gasteiger partial charge is 0.205 e. The zero-order chi connectivity index (χ0) is 12.5. The summed E-state index contributed by atoms with van der Waals surface area (Å²) in [6.07, 6.45) is 0.974. The largest absolute Gasteiger partial charge is 0.369 e. The summed E-state index contributed by atoms with van der Waals surface area (Å²) in [7, 11) is 0. The van der Waals surface area contributed by atoms with Gasteiger partial charge in [0, 0.05) is 0 Å². The maximum absolute atomic E-state index is 6.06. The Morgan fingerprint density at radius 2 is 1.78 bits per heavy atom. The lowest BCUT2D eigenvalue weighted by Gasteiger charge is -2.11. The van der Waals surface area contributed by atoms with Gasteiger partial charge in [0.2, 0.25) is 5.95 Å². The second kappa shape index (κ2) is 4.18. The van der Waals surface area contributed by atoms with Gasteiger partial charge in [0.15, 0.2) is 0 Å². The number of fused-ring (bicyclic) bond motifs is 1. The molecule has 0 saturated heterocycles. The van der Waals surface area contributed by atoms with Crippen LogP contribution in [0.4, 0.5) is 5.95 Å². The van der Waals surface area contributed by atoms with Crippen LogP contribution in [0.2, 0.25) is 0 Å². The number of anilines is 1. The molecule has 3 aromatic rings. The monoisotopic (exact) mass is 237 g/mol. The number of benzene rings is 2. The van der Waals surface area contributed by atoms with Gasteiger partial charge in [-0.1, -0.05) is 37.3 Å². The van der Waals surface area contributed by atoms with Crippen molar-refractivity contribution in [1.82, 2.24) is 9.55 Å². The number of aryl methyl sites for hydroxylation is 1. The molecule has 3 rings (SSSR count). The summed E-state index contributed by atoms with van der Waals surface area (Å²) in [6, 6.07) is 16.3. The van der Waals surface area contributed by atoms with Crippen LogP contribution in [0.3, 0.4) is 0 Å². The minimum Gasteiger partial charge on any atom is -0.369 e. The Morgan fingerprint density at radius 1 is 1.06 bits per heavy atom. The molecule has 0 aliphatic heterocycles. The molecule has 3 nitrogen and oxygen atoms in total. The van der Waals surface area contributed by atoms with E-state index in [-0.39, 0.29) is 0 Å². The summed E-state index contributed by atoms with van der Waals surface area (Å²) >= 11 is 0.